The fourth-order valence-electron chi connectivity index (χ4n) is 4.19. The Labute approximate surface area is 174 Å². The van der Waals surface area contributed by atoms with E-state index in [9.17, 15) is 19.2 Å². The van der Waals surface area contributed by atoms with Crippen LogP contribution < -0.4 is 5.32 Å². The van der Waals surface area contributed by atoms with E-state index in [0.717, 1.165) is 16.2 Å². The van der Waals surface area contributed by atoms with Crippen molar-refractivity contribution in [2.24, 2.45) is 5.10 Å². The van der Waals surface area contributed by atoms with Crippen molar-refractivity contribution in [1.82, 2.24) is 25.0 Å². The molecule has 1 aromatic carbocycles. The fourth-order valence-corrected chi connectivity index (χ4v) is 4.19. The fraction of sp³-hybridized carbons (Fsp3) is 0.450. The molecule has 3 atom stereocenters. The number of hydrogen-bond acceptors (Lipinski definition) is 8. The first-order chi connectivity index (χ1) is 14.3. The molecule has 10 nitrogen and oxygen atoms in total. The zero-order chi connectivity index (χ0) is 21.6. The smallest absolute Gasteiger partial charge is 0.310 e. The van der Waals surface area contributed by atoms with Crippen LogP contribution in [0.15, 0.2) is 35.4 Å². The molecule has 0 aliphatic carbocycles. The second kappa shape index (κ2) is 7.62. The van der Waals surface area contributed by atoms with E-state index in [1.807, 2.05) is 35.2 Å². The number of hydrogen-bond donors (Lipinski definition) is 1. The number of imide groups is 1. The molecule has 1 aromatic rings. The maximum Gasteiger partial charge on any atom is 0.328 e. The molecule has 30 heavy (non-hydrogen) atoms. The highest BCUT2D eigenvalue weighted by Crippen LogP contribution is 2.30. The van der Waals surface area contributed by atoms with Crippen molar-refractivity contribution in [3.05, 3.63) is 35.9 Å². The van der Waals surface area contributed by atoms with Gasteiger partial charge in [-0.1, -0.05) is 30.3 Å². The third-order valence-electron chi connectivity index (χ3n) is 5.50. The van der Waals surface area contributed by atoms with Crippen molar-refractivity contribution in [1.29, 1.82) is 0 Å². The van der Waals surface area contributed by atoms with Crippen LogP contribution in [0.2, 0.25) is 0 Å². The first kappa shape index (κ1) is 20.2. The highest BCUT2D eigenvalue weighted by Gasteiger charge is 2.56. The Bertz CT molecular complexity index is 932. The summed E-state index contributed by atoms with van der Waals surface area (Å²) in [4.78, 5) is 53.8. The Balaban J connectivity index is 1.71. The predicted molar refractivity (Wildman–Crippen MR) is 107 cm³/mol. The Morgan fingerprint density at radius 3 is 2.40 bits per heavy atom. The van der Waals surface area contributed by atoms with Crippen LogP contribution in [0.4, 0.5) is 4.79 Å². The molecule has 158 valence electrons. The van der Waals surface area contributed by atoms with Crippen LogP contribution in [0.1, 0.15) is 19.4 Å². The zero-order valence-electron chi connectivity index (χ0n) is 17.1. The molecule has 3 aliphatic heterocycles. The minimum atomic E-state index is -0.694. The number of Topliss-reactive ketones (excluding diaryl/α,β-unsaturated/α-hetero) is 2. The lowest BCUT2D eigenvalue weighted by Gasteiger charge is -2.42. The average molecular weight is 412 g/mol. The molecule has 3 heterocycles. The number of fused-ring (bicyclic) bond motifs is 3. The van der Waals surface area contributed by atoms with Gasteiger partial charge >= 0.3 is 6.03 Å². The molecule has 4 rings (SSSR count). The van der Waals surface area contributed by atoms with Gasteiger partial charge in [-0.15, -0.1) is 0 Å². The summed E-state index contributed by atoms with van der Waals surface area (Å²) in [6.07, 6.45) is -1.11. The molecule has 0 radical (unpaired) electrons. The van der Waals surface area contributed by atoms with Gasteiger partial charge in [-0.2, -0.15) is 5.10 Å². The van der Waals surface area contributed by atoms with E-state index in [2.05, 4.69) is 10.4 Å². The van der Waals surface area contributed by atoms with Gasteiger partial charge in [-0.25, -0.2) is 9.69 Å². The lowest BCUT2D eigenvalue weighted by Crippen LogP contribution is -2.67. The molecule has 2 fully saturated rings. The van der Waals surface area contributed by atoms with E-state index in [4.69, 9.17) is 0 Å². The van der Waals surface area contributed by atoms with Gasteiger partial charge in [0.1, 0.15) is 18.0 Å². The number of nitrogens with one attached hydrogen (secondary N) is 1. The molecule has 3 aliphatic rings. The highest BCUT2D eigenvalue weighted by molar-refractivity contribution is 6.05. The molecule has 0 spiro atoms. The van der Waals surface area contributed by atoms with Crippen LogP contribution in [0.5, 0.6) is 0 Å². The second-order valence-electron chi connectivity index (χ2n) is 7.83. The molecular weight excluding hydrogens is 388 g/mol. The first-order valence-corrected chi connectivity index (χ1v) is 9.76. The maximum absolute atomic E-state index is 13.2. The Morgan fingerprint density at radius 1 is 1.10 bits per heavy atom. The molecular formula is C20H24N6O4. The van der Waals surface area contributed by atoms with Gasteiger partial charge in [0.2, 0.25) is 0 Å². The van der Waals surface area contributed by atoms with Crippen molar-refractivity contribution in [3.63, 3.8) is 0 Å². The summed E-state index contributed by atoms with van der Waals surface area (Å²) in [5.74, 6) is -0.765. The largest absolute Gasteiger partial charge is 0.328 e. The molecule has 3 unspecified atom stereocenters. The van der Waals surface area contributed by atoms with Crippen LogP contribution in [-0.4, -0.2) is 94.1 Å². The molecule has 0 saturated carbocycles. The number of benzene rings is 1. The summed E-state index contributed by atoms with van der Waals surface area (Å²) < 4.78 is 0. The quantitative estimate of drug-likeness (QED) is 0.705. The number of nitrogens with zero attached hydrogens (tertiary/aromatic N) is 5. The Morgan fingerprint density at radius 2 is 1.77 bits per heavy atom. The summed E-state index contributed by atoms with van der Waals surface area (Å²) in [7, 11) is 1.60. The van der Waals surface area contributed by atoms with Crippen molar-refractivity contribution in [3.8, 4) is 0 Å². The van der Waals surface area contributed by atoms with Crippen molar-refractivity contribution >= 4 is 29.2 Å². The number of carbonyl (C=O) groups excluding carboxylic acids is 4. The first-order valence-electron chi connectivity index (χ1n) is 9.76. The summed E-state index contributed by atoms with van der Waals surface area (Å²) in [6, 6.07) is 8.33. The monoisotopic (exact) mass is 412 g/mol. The number of carbonyl (C=O) groups is 4. The van der Waals surface area contributed by atoms with Crippen molar-refractivity contribution in [2.75, 3.05) is 26.7 Å². The zero-order valence-corrected chi connectivity index (χ0v) is 17.1. The van der Waals surface area contributed by atoms with Crippen molar-refractivity contribution < 1.29 is 19.2 Å². The molecule has 10 heteroatoms. The summed E-state index contributed by atoms with van der Waals surface area (Å²) >= 11 is 0. The normalized spacial score (nSPS) is 26.4. The summed E-state index contributed by atoms with van der Waals surface area (Å²) in [5.41, 5.74) is 1.61. The Kier molecular flexibility index (Phi) is 5.12. The van der Waals surface area contributed by atoms with E-state index in [-0.39, 0.29) is 24.7 Å². The topological polar surface area (TPSA) is 106 Å². The van der Waals surface area contributed by atoms with Gasteiger partial charge in [0.05, 0.1) is 18.8 Å². The van der Waals surface area contributed by atoms with Crippen LogP contribution in [0.3, 0.4) is 0 Å². The third kappa shape index (κ3) is 3.37. The van der Waals surface area contributed by atoms with Crippen LogP contribution >= 0.6 is 0 Å². The average Bonchev–Trinajstić information content (AvgIpc) is 3.10. The number of amides is 3. The van der Waals surface area contributed by atoms with Gasteiger partial charge in [-0.05, 0) is 19.4 Å². The van der Waals surface area contributed by atoms with E-state index in [0.29, 0.717) is 6.54 Å². The minimum absolute atomic E-state index is 0.0625. The number of likely N-dealkylation sites (N-methyl/N-ethyl adjacent to an activating group) is 1. The van der Waals surface area contributed by atoms with E-state index in [1.54, 1.807) is 12.1 Å². The molecule has 0 aromatic heterocycles. The van der Waals surface area contributed by atoms with Crippen LogP contribution in [-0.2, 0) is 14.4 Å². The Hall–Kier alpha value is -3.11. The molecule has 0 bridgehead atoms. The summed E-state index contributed by atoms with van der Waals surface area (Å²) in [5, 5.41) is 9.56. The third-order valence-corrected chi connectivity index (χ3v) is 5.50. The van der Waals surface area contributed by atoms with Crippen LogP contribution in [0, 0.1) is 0 Å². The van der Waals surface area contributed by atoms with E-state index < -0.39 is 30.4 Å². The molecule has 3 amide bonds. The van der Waals surface area contributed by atoms with E-state index in [1.165, 1.54) is 18.7 Å². The lowest BCUT2D eigenvalue weighted by atomic mass is 10.1. The standard InChI is InChI=1S/C20H24N6O4/c1-12(27)9-25-18(29)16-17(23(3)20(25)30)21-19-24(16)11-15(14-7-5-4-6-8-14)22-26(19)10-13(2)28/h4-8,16-17,19,21H,9-11H2,1-3H3. The van der Waals surface area contributed by atoms with E-state index >= 15 is 0 Å². The number of hydrazone groups is 1. The van der Waals surface area contributed by atoms with Gasteiger partial charge in [0.25, 0.3) is 5.91 Å². The van der Waals surface area contributed by atoms with Gasteiger partial charge in [-0.3, -0.25) is 29.6 Å². The lowest BCUT2D eigenvalue weighted by molar-refractivity contribution is -0.141. The number of rotatable bonds is 5. The van der Waals surface area contributed by atoms with Gasteiger partial charge < -0.3 is 4.90 Å². The molecule has 2 saturated heterocycles. The SMILES string of the molecule is CC(=O)CN1C(=O)C2C(NC3N(CC(C)=O)N=C(c4ccccc4)CN23)N(C)C1=O. The highest BCUT2D eigenvalue weighted by atomic mass is 16.2. The second-order valence-corrected chi connectivity index (χ2v) is 7.83. The molecule has 1 N–H and O–H groups in total. The van der Waals surface area contributed by atoms with Crippen molar-refractivity contribution in [2.45, 2.75) is 32.3 Å². The number of urea groups is 1. The van der Waals surface area contributed by atoms with Crippen LogP contribution in [0.25, 0.3) is 0 Å². The maximum atomic E-state index is 13.2. The predicted octanol–water partition coefficient (Wildman–Crippen LogP) is -0.338. The number of ketones is 2. The minimum Gasteiger partial charge on any atom is -0.310 e. The summed E-state index contributed by atoms with van der Waals surface area (Å²) in [6.45, 7) is 2.98. The van der Waals surface area contributed by atoms with Gasteiger partial charge in [0.15, 0.2) is 12.1 Å². The van der Waals surface area contributed by atoms with Gasteiger partial charge in [0, 0.05) is 13.6 Å².